The number of nitrogens with zero attached hydrogens (tertiary/aromatic N) is 3. The Kier molecular flexibility index (Phi) is 4.31. The van der Waals surface area contributed by atoms with Crippen LogP contribution in [0.15, 0.2) is 41.0 Å². The number of aromatic nitrogens is 2. The molecule has 6 heteroatoms. The summed E-state index contributed by atoms with van der Waals surface area (Å²) in [6.45, 7) is 2.74. The van der Waals surface area contributed by atoms with Crippen molar-refractivity contribution in [2.24, 2.45) is 5.73 Å². The molecule has 116 valence electrons. The Morgan fingerprint density at radius 1 is 1.41 bits per heavy atom. The zero-order valence-electron chi connectivity index (χ0n) is 12.4. The molecule has 0 bridgehead atoms. The van der Waals surface area contributed by atoms with Crippen LogP contribution in [-0.2, 0) is 0 Å². The molecule has 0 unspecified atom stereocenters. The Labute approximate surface area is 138 Å². The van der Waals surface area contributed by atoms with E-state index in [1.807, 2.05) is 42.3 Å². The van der Waals surface area contributed by atoms with Crippen LogP contribution < -0.4 is 5.73 Å². The SMILES string of the molecule is C[C@@H]1C[C@H](N)CCN1C(=O)c1ccn(-c2cccc(Br)c2)n1. The minimum atomic E-state index is -0.0202. The largest absolute Gasteiger partial charge is 0.334 e. The van der Waals surface area contributed by atoms with Crippen LogP contribution in [-0.4, -0.2) is 39.2 Å². The maximum Gasteiger partial charge on any atom is 0.274 e. The average molecular weight is 363 g/mol. The number of amides is 1. The predicted molar refractivity (Wildman–Crippen MR) is 89.0 cm³/mol. The van der Waals surface area contributed by atoms with Crippen LogP contribution >= 0.6 is 15.9 Å². The molecule has 1 saturated heterocycles. The first kappa shape index (κ1) is 15.2. The van der Waals surface area contributed by atoms with E-state index in [0.29, 0.717) is 12.2 Å². The van der Waals surface area contributed by atoms with Crippen molar-refractivity contribution in [2.75, 3.05) is 6.54 Å². The average Bonchev–Trinajstić information content (AvgIpc) is 2.96. The number of piperidine rings is 1. The molecule has 1 aromatic carbocycles. The second-order valence-corrected chi connectivity index (χ2v) is 6.67. The standard InChI is InChI=1S/C16H19BrN4O/c1-11-9-13(18)5-7-20(11)16(22)15-6-8-21(19-15)14-4-2-3-12(17)10-14/h2-4,6,8,10-11,13H,5,7,9,18H2,1H3/t11-,13-/m1/s1. The maximum atomic E-state index is 12.6. The number of rotatable bonds is 2. The molecule has 3 rings (SSSR count). The van der Waals surface area contributed by atoms with E-state index in [1.165, 1.54) is 0 Å². The molecule has 0 radical (unpaired) electrons. The maximum absolute atomic E-state index is 12.6. The quantitative estimate of drug-likeness (QED) is 0.892. The molecule has 0 aliphatic carbocycles. The molecule has 1 aliphatic heterocycles. The summed E-state index contributed by atoms with van der Waals surface area (Å²) in [6, 6.07) is 9.93. The van der Waals surface area contributed by atoms with Gasteiger partial charge in [0.1, 0.15) is 0 Å². The number of nitrogens with two attached hydrogens (primary N) is 1. The fourth-order valence-corrected chi connectivity index (χ4v) is 3.24. The van der Waals surface area contributed by atoms with Gasteiger partial charge in [-0.25, -0.2) is 4.68 Å². The fourth-order valence-electron chi connectivity index (χ4n) is 2.86. The number of likely N-dealkylation sites (tertiary alicyclic amines) is 1. The van der Waals surface area contributed by atoms with E-state index < -0.39 is 0 Å². The normalized spacial score (nSPS) is 21.9. The summed E-state index contributed by atoms with van der Waals surface area (Å²) < 4.78 is 2.70. The minimum Gasteiger partial charge on any atom is -0.334 e. The van der Waals surface area contributed by atoms with E-state index in [-0.39, 0.29) is 18.0 Å². The third-order valence-electron chi connectivity index (χ3n) is 4.06. The van der Waals surface area contributed by atoms with Crippen molar-refractivity contribution in [1.29, 1.82) is 0 Å². The van der Waals surface area contributed by atoms with Crippen LogP contribution in [0.3, 0.4) is 0 Å². The first-order valence-electron chi connectivity index (χ1n) is 7.43. The van der Waals surface area contributed by atoms with Gasteiger partial charge in [0, 0.05) is 29.3 Å². The summed E-state index contributed by atoms with van der Waals surface area (Å²) >= 11 is 3.44. The van der Waals surface area contributed by atoms with Crippen molar-refractivity contribution in [3.8, 4) is 5.69 Å². The van der Waals surface area contributed by atoms with Crippen LogP contribution in [0.1, 0.15) is 30.3 Å². The van der Waals surface area contributed by atoms with Crippen molar-refractivity contribution in [1.82, 2.24) is 14.7 Å². The predicted octanol–water partition coefficient (Wildman–Crippen LogP) is 2.59. The van der Waals surface area contributed by atoms with Gasteiger partial charge in [0.15, 0.2) is 5.69 Å². The van der Waals surface area contributed by atoms with Gasteiger partial charge in [-0.05, 0) is 44.0 Å². The van der Waals surface area contributed by atoms with Crippen molar-refractivity contribution in [3.05, 3.63) is 46.7 Å². The van der Waals surface area contributed by atoms with Crippen molar-refractivity contribution < 1.29 is 4.79 Å². The summed E-state index contributed by atoms with van der Waals surface area (Å²) in [5.41, 5.74) is 7.35. The molecule has 0 saturated carbocycles. The van der Waals surface area contributed by atoms with E-state index in [1.54, 1.807) is 10.7 Å². The van der Waals surface area contributed by atoms with Crippen LogP contribution in [0.5, 0.6) is 0 Å². The first-order chi connectivity index (χ1) is 10.5. The molecule has 2 aromatic rings. The smallest absolute Gasteiger partial charge is 0.274 e. The monoisotopic (exact) mass is 362 g/mol. The highest BCUT2D eigenvalue weighted by atomic mass is 79.9. The van der Waals surface area contributed by atoms with Gasteiger partial charge in [0.2, 0.25) is 0 Å². The molecule has 1 amide bonds. The van der Waals surface area contributed by atoms with Gasteiger partial charge in [-0.3, -0.25) is 4.79 Å². The Morgan fingerprint density at radius 3 is 2.95 bits per heavy atom. The van der Waals surface area contributed by atoms with Crippen LogP contribution in [0.25, 0.3) is 5.69 Å². The third-order valence-corrected chi connectivity index (χ3v) is 4.55. The highest BCUT2D eigenvalue weighted by Crippen LogP contribution is 2.19. The molecular formula is C16H19BrN4O. The molecule has 2 N–H and O–H groups in total. The topological polar surface area (TPSA) is 64.2 Å². The Balaban J connectivity index is 1.80. The van der Waals surface area contributed by atoms with Gasteiger partial charge in [-0.2, -0.15) is 5.10 Å². The summed E-state index contributed by atoms with van der Waals surface area (Å²) in [7, 11) is 0. The minimum absolute atomic E-state index is 0.0202. The second kappa shape index (κ2) is 6.22. The van der Waals surface area contributed by atoms with E-state index >= 15 is 0 Å². The lowest BCUT2D eigenvalue weighted by molar-refractivity contribution is 0.0612. The van der Waals surface area contributed by atoms with Crippen LogP contribution in [0.2, 0.25) is 0 Å². The fraction of sp³-hybridized carbons (Fsp3) is 0.375. The molecule has 2 atom stereocenters. The molecule has 2 heterocycles. The van der Waals surface area contributed by atoms with Gasteiger partial charge in [-0.15, -0.1) is 0 Å². The number of carbonyl (C=O) groups excluding carboxylic acids is 1. The number of benzene rings is 1. The molecule has 1 aliphatic rings. The molecule has 1 aromatic heterocycles. The van der Waals surface area contributed by atoms with E-state index in [0.717, 1.165) is 23.0 Å². The van der Waals surface area contributed by atoms with Gasteiger partial charge in [0.25, 0.3) is 5.91 Å². The van der Waals surface area contributed by atoms with Crippen molar-refractivity contribution in [3.63, 3.8) is 0 Å². The molecule has 22 heavy (non-hydrogen) atoms. The zero-order valence-corrected chi connectivity index (χ0v) is 14.0. The van der Waals surface area contributed by atoms with E-state index in [2.05, 4.69) is 21.0 Å². The van der Waals surface area contributed by atoms with Crippen molar-refractivity contribution >= 4 is 21.8 Å². The highest BCUT2D eigenvalue weighted by Gasteiger charge is 2.28. The lowest BCUT2D eigenvalue weighted by Gasteiger charge is -2.35. The molecule has 0 spiro atoms. The second-order valence-electron chi connectivity index (χ2n) is 5.76. The number of halogens is 1. The number of carbonyl (C=O) groups is 1. The van der Waals surface area contributed by atoms with Gasteiger partial charge in [0.05, 0.1) is 5.69 Å². The lowest BCUT2D eigenvalue weighted by Crippen LogP contribution is -2.48. The number of hydrogen-bond acceptors (Lipinski definition) is 3. The summed E-state index contributed by atoms with van der Waals surface area (Å²) in [5.74, 6) is -0.0202. The van der Waals surface area contributed by atoms with Gasteiger partial charge >= 0.3 is 0 Å². The van der Waals surface area contributed by atoms with Crippen molar-refractivity contribution in [2.45, 2.75) is 31.8 Å². The van der Waals surface area contributed by atoms with Gasteiger partial charge in [-0.1, -0.05) is 22.0 Å². The molecular weight excluding hydrogens is 344 g/mol. The summed E-state index contributed by atoms with van der Waals surface area (Å²) in [4.78, 5) is 14.5. The Morgan fingerprint density at radius 2 is 2.23 bits per heavy atom. The molecule has 1 fully saturated rings. The van der Waals surface area contributed by atoms with Crippen LogP contribution in [0.4, 0.5) is 0 Å². The van der Waals surface area contributed by atoms with E-state index in [9.17, 15) is 4.79 Å². The Bertz CT molecular complexity index is 684. The van der Waals surface area contributed by atoms with Crippen LogP contribution in [0, 0.1) is 0 Å². The highest BCUT2D eigenvalue weighted by molar-refractivity contribution is 9.10. The molecule has 5 nitrogen and oxygen atoms in total. The van der Waals surface area contributed by atoms with Gasteiger partial charge < -0.3 is 10.6 Å². The lowest BCUT2D eigenvalue weighted by atomic mass is 9.99. The Hall–Kier alpha value is -1.66. The summed E-state index contributed by atoms with van der Waals surface area (Å²) in [5, 5.41) is 4.42. The summed E-state index contributed by atoms with van der Waals surface area (Å²) in [6.07, 6.45) is 3.51. The van der Waals surface area contributed by atoms with E-state index in [4.69, 9.17) is 5.73 Å². The third kappa shape index (κ3) is 3.08. The zero-order chi connectivity index (χ0) is 15.7. The number of hydrogen-bond donors (Lipinski definition) is 1. The first-order valence-corrected chi connectivity index (χ1v) is 8.22.